The van der Waals surface area contributed by atoms with Gasteiger partial charge in [-0.1, -0.05) is 36.7 Å². The van der Waals surface area contributed by atoms with Crippen LogP contribution >= 0.6 is 11.6 Å². The van der Waals surface area contributed by atoms with Crippen molar-refractivity contribution in [2.45, 2.75) is 26.2 Å². The van der Waals surface area contributed by atoms with Crippen molar-refractivity contribution in [2.75, 3.05) is 19.6 Å². The lowest BCUT2D eigenvalue weighted by Crippen LogP contribution is -2.32. The van der Waals surface area contributed by atoms with E-state index in [1.807, 2.05) is 24.3 Å². The SMILES string of the molecule is CCCNCCNC(=O)CCc1ccccc1Cl. The molecular formula is C14H21ClN2O. The maximum absolute atomic E-state index is 11.6. The number of carbonyl (C=O) groups excluding carboxylic acids is 1. The van der Waals surface area contributed by atoms with Crippen LogP contribution in [0.25, 0.3) is 0 Å². The number of nitrogens with one attached hydrogen (secondary N) is 2. The summed E-state index contributed by atoms with van der Waals surface area (Å²) in [6, 6.07) is 7.64. The van der Waals surface area contributed by atoms with Gasteiger partial charge in [-0.05, 0) is 31.0 Å². The first kappa shape index (κ1) is 15.0. The van der Waals surface area contributed by atoms with E-state index in [0.29, 0.717) is 19.4 Å². The van der Waals surface area contributed by atoms with Crippen molar-refractivity contribution in [1.29, 1.82) is 0 Å². The summed E-state index contributed by atoms with van der Waals surface area (Å²) in [5.74, 6) is 0.0771. The Kier molecular flexibility index (Phi) is 7.46. The topological polar surface area (TPSA) is 41.1 Å². The summed E-state index contributed by atoms with van der Waals surface area (Å²) in [6.45, 7) is 4.62. The van der Waals surface area contributed by atoms with E-state index in [2.05, 4.69) is 17.6 Å². The molecule has 2 N–H and O–H groups in total. The minimum absolute atomic E-state index is 0.0771. The molecule has 0 aromatic heterocycles. The molecule has 0 aliphatic rings. The largest absolute Gasteiger partial charge is 0.355 e. The zero-order chi connectivity index (χ0) is 13.2. The first-order valence-corrected chi connectivity index (χ1v) is 6.82. The lowest BCUT2D eigenvalue weighted by Gasteiger charge is -2.07. The van der Waals surface area contributed by atoms with Crippen LogP contribution in [0, 0.1) is 0 Å². The van der Waals surface area contributed by atoms with Crippen molar-refractivity contribution in [1.82, 2.24) is 10.6 Å². The molecule has 1 rings (SSSR count). The first-order valence-electron chi connectivity index (χ1n) is 6.45. The molecule has 18 heavy (non-hydrogen) atoms. The fourth-order valence-electron chi connectivity index (χ4n) is 1.63. The molecule has 0 aliphatic heterocycles. The molecule has 0 spiro atoms. The van der Waals surface area contributed by atoms with Crippen LogP contribution in [0.3, 0.4) is 0 Å². The third-order valence-corrected chi connectivity index (χ3v) is 3.00. The van der Waals surface area contributed by atoms with Crippen LogP contribution in [0.2, 0.25) is 5.02 Å². The smallest absolute Gasteiger partial charge is 0.220 e. The third kappa shape index (κ3) is 6.03. The summed E-state index contributed by atoms with van der Waals surface area (Å²) in [7, 11) is 0. The Hall–Kier alpha value is -1.06. The lowest BCUT2D eigenvalue weighted by atomic mass is 10.1. The van der Waals surface area contributed by atoms with Gasteiger partial charge in [0.15, 0.2) is 0 Å². The van der Waals surface area contributed by atoms with E-state index in [-0.39, 0.29) is 5.91 Å². The van der Waals surface area contributed by atoms with E-state index < -0.39 is 0 Å². The van der Waals surface area contributed by atoms with Gasteiger partial charge in [-0.25, -0.2) is 0 Å². The van der Waals surface area contributed by atoms with Crippen LogP contribution in [0.15, 0.2) is 24.3 Å². The predicted molar refractivity (Wildman–Crippen MR) is 75.9 cm³/mol. The summed E-state index contributed by atoms with van der Waals surface area (Å²) < 4.78 is 0. The molecule has 0 radical (unpaired) electrons. The van der Waals surface area contributed by atoms with Gasteiger partial charge >= 0.3 is 0 Å². The number of hydrogen-bond donors (Lipinski definition) is 2. The molecular weight excluding hydrogens is 248 g/mol. The molecule has 0 heterocycles. The van der Waals surface area contributed by atoms with Gasteiger partial charge in [-0.3, -0.25) is 4.79 Å². The van der Waals surface area contributed by atoms with Gasteiger partial charge in [0.25, 0.3) is 0 Å². The lowest BCUT2D eigenvalue weighted by molar-refractivity contribution is -0.121. The highest BCUT2D eigenvalue weighted by atomic mass is 35.5. The highest BCUT2D eigenvalue weighted by Crippen LogP contribution is 2.16. The van der Waals surface area contributed by atoms with Crippen molar-refractivity contribution >= 4 is 17.5 Å². The minimum Gasteiger partial charge on any atom is -0.355 e. The Bertz CT molecular complexity index is 369. The van der Waals surface area contributed by atoms with Crippen molar-refractivity contribution < 1.29 is 4.79 Å². The first-order chi connectivity index (χ1) is 8.74. The maximum atomic E-state index is 11.6. The van der Waals surface area contributed by atoms with Crippen molar-refractivity contribution in [3.8, 4) is 0 Å². The van der Waals surface area contributed by atoms with E-state index in [1.165, 1.54) is 0 Å². The Morgan fingerprint density at radius 3 is 2.72 bits per heavy atom. The van der Waals surface area contributed by atoms with Gasteiger partial charge in [0, 0.05) is 24.5 Å². The quantitative estimate of drug-likeness (QED) is 0.711. The Balaban J connectivity index is 2.15. The van der Waals surface area contributed by atoms with Gasteiger partial charge in [-0.15, -0.1) is 0 Å². The number of aryl methyl sites for hydroxylation is 1. The van der Waals surface area contributed by atoms with Gasteiger partial charge in [0.05, 0.1) is 0 Å². The van der Waals surface area contributed by atoms with Gasteiger partial charge in [0.1, 0.15) is 0 Å². The van der Waals surface area contributed by atoms with E-state index in [4.69, 9.17) is 11.6 Å². The monoisotopic (exact) mass is 268 g/mol. The molecule has 0 bridgehead atoms. The third-order valence-electron chi connectivity index (χ3n) is 2.63. The average Bonchev–Trinajstić information content (AvgIpc) is 2.37. The minimum atomic E-state index is 0.0771. The molecule has 0 fully saturated rings. The standard InChI is InChI=1S/C14H21ClN2O/c1-2-9-16-10-11-17-14(18)8-7-12-5-3-4-6-13(12)15/h3-6,16H,2,7-11H2,1H3,(H,17,18). The number of rotatable bonds is 8. The van der Waals surface area contributed by atoms with Gasteiger partial charge in [0.2, 0.25) is 5.91 Å². The molecule has 1 aromatic rings. The van der Waals surface area contributed by atoms with Crippen LogP contribution in [-0.2, 0) is 11.2 Å². The molecule has 4 heteroatoms. The Morgan fingerprint density at radius 1 is 1.22 bits per heavy atom. The fourth-order valence-corrected chi connectivity index (χ4v) is 1.86. The molecule has 0 unspecified atom stereocenters. The molecule has 0 aliphatic carbocycles. The molecule has 1 amide bonds. The van der Waals surface area contributed by atoms with Crippen molar-refractivity contribution in [3.05, 3.63) is 34.9 Å². The van der Waals surface area contributed by atoms with Crippen molar-refractivity contribution in [2.24, 2.45) is 0 Å². The molecule has 0 atom stereocenters. The Labute approximate surface area is 114 Å². The van der Waals surface area contributed by atoms with Crippen LogP contribution in [0.5, 0.6) is 0 Å². The Morgan fingerprint density at radius 2 is 2.00 bits per heavy atom. The summed E-state index contributed by atoms with van der Waals surface area (Å²) in [5, 5.41) is 6.86. The number of benzene rings is 1. The van der Waals surface area contributed by atoms with E-state index >= 15 is 0 Å². The average molecular weight is 269 g/mol. The van der Waals surface area contributed by atoms with Gasteiger partial charge < -0.3 is 10.6 Å². The van der Waals surface area contributed by atoms with E-state index in [1.54, 1.807) is 0 Å². The summed E-state index contributed by atoms with van der Waals surface area (Å²) >= 11 is 6.03. The summed E-state index contributed by atoms with van der Waals surface area (Å²) in [4.78, 5) is 11.6. The second-order valence-electron chi connectivity index (χ2n) is 4.19. The molecule has 3 nitrogen and oxygen atoms in total. The fraction of sp³-hybridized carbons (Fsp3) is 0.500. The molecule has 0 saturated carbocycles. The molecule has 0 saturated heterocycles. The highest BCUT2D eigenvalue weighted by Gasteiger charge is 2.03. The number of carbonyl (C=O) groups is 1. The van der Waals surface area contributed by atoms with Crippen LogP contribution in [-0.4, -0.2) is 25.5 Å². The van der Waals surface area contributed by atoms with Crippen molar-refractivity contribution in [3.63, 3.8) is 0 Å². The van der Waals surface area contributed by atoms with Crippen LogP contribution in [0.4, 0.5) is 0 Å². The molecule has 100 valence electrons. The second kappa shape index (κ2) is 8.95. The predicted octanol–water partition coefficient (Wildman–Crippen LogP) is 2.39. The summed E-state index contributed by atoms with van der Waals surface area (Å²) in [5.41, 5.74) is 1.03. The maximum Gasteiger partial charge on any atom is 0.220 e. The van der Waals surface area contributed by atoms with Crippen LogP contribution < -0.4 is 10.6 Å². The van der Waals surface area contributed by atoms with Crippen LogP contribution in [0.1, 0.15) is 25.3 Å². The van der Waals surface area contributed by atoms with E-state index in [0.717, 1.165) is 30.1 Å². The van der Waals surface area contributed by atoms with Gasteiger partial charge in [-0.2, -0.15) is 0 Å². The molecule has 1 aromatic carbocycles. The number of amides is 1. The second-order valence-corrected chi connectivity index (χ2v) is 4.60. The normalized spacial score (nSPS) is 10.3. The number of halogens is 1. The summed E-state index contributed by atoms with van der Waals surface area (Å²) in [6.07, 6.45) is 2.28. The van der Waals surface area contributed by atoms with E-state index in [9.17, 15) is 4.79 Å². The highest BCUT2D eigenvalue weighted by molar-refractivity contribution is 6.31. The number of hydrogen-bond acceptors (Lipinski definition) is 2. The zero-order valence-corrected chi connectivity index (χ0v) is 11.6. The zero-order valence-electron chi connectivity index (χ0n) is 10.8.